The van der Waals surface area contributed by atoms with Crippen LogP contribution in [0.4, 0.5) is 0 Å². The number of esters is 4. The molecule has 0 heterocycles. The van der Waals surface area contributed by atoms with E-state index in [1.807, 2.05) is 24.3 Å². The van der Waals surface area contributed by atoms with Crippen LogP contribution in [0.25, 0.3) is 33.4 Å². The van der Waals surface area contributed by atoms with Crippen molar-refractivity contribution >= 4 is 35.0 Å². The number of nitriles is 4. The highest BCUT2D eigenvalue weighted by molar-refractivity contribution is 6.12. The molecule has 0 atom stereocenters. The van der Waals surface area contributed by atoms with Crippen LogP contribution in [0, 0.1) is 45.3 Å². The van der Waals surface area contributed by atoms with E-state index < -0.39 is 23.9 Å². The van der Waals surface area contributed by atoms with Crippen molar-refractivity contribution in [1.82, 2.24) is 0 Å². The Morgan fingerprint density at radius 2 is 0.690 bits per heavy atom. The summed E-state index contributed by atoms with van der Waals surface area (Å²) < 4.78 is 21.4. The van der Waals surface area contributed by atoms with Gasteiger partial charge in [-0.05, 0) is 69.8 Å². The normalized spacial score (nSPS) is 11.2. The maximum atomic E-state index is 13.2. The summed E-state index contributed by atoms with van der Waals surface area (Å²) in [5.41, 5.74) is 6.37. The molecule has 12 nitrogen and oxygen atoms in total. The van der Waals surface area contributed by atoms with E-state index in [1.165, 1.54) is 24.3 Å². The van der Waals surface area contributed by atoms with E-state index in [0.717, 1.165) is 0 Å². The van der Waals surface area contributed by atoms with E-state index >= 15 is 0 Å². The average molecular weight is 763 g/mol. The lowest BCUT2D eigenvalue weighted by Gasteiger charge is -2.11. The molecule has 58 heavy (non-hydrogen) atoms. The Morgan fingerprint density at radius 1 is 0.379 bits per heavy atom. The Balaban J connectivity index is 0.899. The average Bonchev–Trinajstić information content (AvgIpc) is 3.78. The number of hydrogen-bond donors (Lipinski definition) is 0. The first-order chi connectivity index (χ1) is 28.3. The summed E-state index contributed by atoms with van der Waals surface area (Å²) in [6.07, 6.45) is 0. The third-order valence-electron chi connectivity index (χ3n) is 9.44. The van der Waals surface area contributed by atoms with Gasteiger partial charge in [0.2, 0.25) is 0 Å². The number of ether oxygens (including phenoxy) is 4. The van der Waals surface area contributed by atoms with Crippen LogP contribution in [0.5, 0.6) is 0 Å². The summed E-state index contributed by atoms with van der Waals surface area (Å²) in [5, 5.41) is 38.3. The van der Waals surface area contributed by atoms with Crippen molar-refractivity contribution in [3.63, 3.8) is 0 Å². The lowest BCUT2D eigenvalue weighted by Crippen LogP contribution is -2.16. The highest BCUT2D eigenvalue weighted by Gasteiger charge is 2.32. The Hall–Kier alpha value is -8.58. The quantitative estimate of drug-likeness (QED) is 0.0580. The Morgan fingerprint density at radius 3 is 1.03 bits per heavy atom. The van der Waals surface area contributed by atoms with Gasteiger partial charge in [-0.15, -0.1) is 0 Å². The summed E-state index contributed by atoms with van der Waals surface area (Å²) in [4.78, 5) is 51.7. The maximum absolute atomic E-state index is 13.2. The van der Waals surface area contributed by atoms with Gasteiger partial charge in [0.15, 0.2) is 0 Å². The van der Waals surface area contributed by atoms with E-state index in [4.69, 9.17) is 18.9 Å². The van der Waals surface area contributed by atoms with Gasteiger partial charge in [0, 0.05) is 22.3 Å². The second-order valence-corrected chi connectivity index (χ2v) is 12.6. The van der Waals surface area contributed by atoms with E-state index in [1.54, 1.807) is 84.9 Å². The number of hydrogen-bond acceptors (Lipinski definition) is 12. The molecule has 0 amide bonds. The van der Waals surface area contributed by atoms with Crippen LogP contribution in [0.3, 0.4) is 0 Å². The van der Waals surface area contributed by atoms with E-state index in [-0.39, 0.29) is 59.8 Å². The molecule has 2 aliphatic rings. The largest absolute Gasteiger partial charge is 0.458 e. The zero-order valence-corrected chi connectivity index (χ0v) is 30.3. The fourth-order valence-electron chi connectivity index (χ4n) is 6.98. The van der Waals surface area contributed by atoms with E-state index in [9.17, 15) is 40.2 Å². The molecule has 0 aliphatic heterocycles. The van der Waals surface area contributed by atoms with Gasteiger partial charge in [-0.2, -0.15) is 21.0 Å². The molecule has 0 saturated carbocycles. The third-order valence-corrected chi connectivity index (χ3v) is 9.44. The molecule has 0 bridgehead atoms. The molecule has 0 unspecified atom stereocenters. The first kappa shape index (κ1) is 37.7. The molecule has 0 spiro atoms. The van der Waals surface area contributed by atoms with Gasteiger partial charge in [0.05, 0.1) is 22.3 Å². The van der Waals surface area contributed by atoms with Crippen LogP contribution >= 0.6 is 0 Å². The number of nitrogens with zero attached hydrogens (tertiary/aromatic N) is 4. The number of carbonyl (C=O) groups is 4. The maximum Gasteiger partial charge on any atom is 0.338 e. The molecule has 0 aromatic heterocycles. The third kappa shape index (κ3) is 6.93. The standard InChI is InChI=1S/C46H26N4O8/c47-23-29(24-48)39-31-7-1-3-9-33(31)41-35(39)11-5-13-37(41)45(53)57-21-19-55-43(51)27-15-17-28(18-16-27)44(52)56-20-22-58-46(54)38-14-6-12-36-40(30(25-49)26-50)32-8-2-4-10-34(32)42(36)38/h1-18H,19-22H2. The molecule has 0 saturated heterocycles. The molecule has 0 N–H and O–H groups in total. The molecular weight excluding hydrogens is 737 g/mol. The van der Waals surface area contributed by atoms with Gasteiger partial charge in [-0.1, -0.05) is 72.8 Å². The van der Waals surface area contributed by atoms with Crippen LogP contribution in [0.15, 0.2) is 120 Å². The van der Waals surface area contributed by atoms with Crippen molar-refractivity contribution in [2.24, 2.45) is 0 Å². The lowest BCUT2D eigenvalue weighted by atomic mass is 9.97. The Bertz CT molecular complexity index is 2580. The summed E-state index contributed by atoms with van der Waals surface area (Å²) in [6, 6.07) is 37.4. The number of benzene rings is 5. The highest BCUT2D eigenvalue weighted by atomic mass is 16.6. The zero-order valence-electron chi connectivity index (χ0n) is 30.3. The minimum Gasteiger partial charge on any atom is -0.458 e. The van der Waals surface area contributed by atoms with Crippen LogP contribution in [0.2, 0.25) is 0 Å². The van der Waals surface area contributed by atoms with Crippen LogP contribution < -0.4 is 0 Å². The van der Waals surface area contributed by atoms with Crippen molar-refractivity contribution in [2.45, 2.75) is 0 Å². The predicted octanol–water partition coefficient (Wildman–Crippen LogP) is 7.37. The molecular formula is C46H26N4O8. The Kier molecular flexibility index (Phi) is 10.7. The smallest absolute Gasteiger partial charge is 0.338 e. The topological polar surface area (TPSA) is 200 Å². The van der Waals surface area contributed by atoms with Gasteiger partial charge in [-0.3, -0.25) is 0 Å². The number of fused-ring (bicyclic) bond motifs is 6. The number of allylic oxidation sites excluding steroid dienone is 2. The van der Waals surface area contributed by atoms with Crippen LogP contribution in [-0.2, 0) is 18.9 Å². The zero-order chi connectivity index (χ0) is 40.8. The van der Waals surface area contributed by atoms with Crippen LogP contribution in [-0.4, -0.2) is 50.3 Å². The number of carbonyl (C=O) groups excluding carboxylic acids is 4. The van der Waals surface area contributed by atoms with Gasteiger partial charge in [-0.25, -0.2) is 19.2 Å². The summed E-state index contributed by atoms with van der Waals surface area (Å²) in [5.74, 6) is -2.79. The summed E-state index contributed by atoms with van der Waals surface area (Å²) >= 11 is 0. The summed E-state index contributed by atoms with van der Waals surface area (Å²) in [7, 11) is 0. The fraction of sp³-hybridized carbons (Fsp3) is 0.0870. The van der Waals surface area contributed by atoms with Crippen molar-refractivity contribution in [3.05, 3.63) is 165 Å². The molecule has 2 aliphatic carbocycles. The highest BCUT2D eigenvalue weighted by Crippen LogP contribution is 2.48. The van der Waals surface area contributed by atoms with Gasteiger partial charge in [0.1, 0.15) is 61.9 Å². The van der Waals surface area contributed by atoms with Crippen molar-refractivity contribution in [3.8, 4) is 46.5 Å². The molecule has 12 heteroatoms. The van der Waals surface area contributed by atoms with Gasteiger partial charge >= 0.3 is 23.9 Å². The first-order valence-electron chi connectivity index (χ1n) is 17.6. The molecule has 0 radical (unpaired) electrons. The van der Waals surface area contributed by atoms with Crippen molar-refractivity contribution in [1.29, 1.82) is 21.0 Å². The predicted molar refractivity (Wildman–Crippen MR) is 206 cm³/mol. The lowest BCUT2D eigenvalue weighted by molar-refractivity contribution is 0.0263. The molecule has 278 valence electrons. The Labute approximate surface area is 331 Å². The van der Waals surface area contributed by atoms with Gasteiger partial charge in [0.25, 0.3) is 0 Å². The minimum atomic E-state index is -0.721. The first-order valence-corrected chi connectivity index (χ1v) is 17.6. The minimum absolute atomic E-state index is 0.0739. The SMILES string of the molecule is N#CC(C#N)=C1c2ccccc2-c2c(C(=O)OCCOC(=O)c3ccc(C(=O)OCCOC(=O)c4cccc5c4-c4ccccc4C5=C(C#N)C#N)cc3)cccc21. The second-order valence-electron chi connectivity index (χ2n) is 12.6. The van der Waals surface area contributed by atoms with Gasteiger partial charge < -0.3 is 18.9 Å². The molecule has 0 fully saturated rings. The summed E-state index contributed by atoms with van der Waals surface area (Å²) in [6.45, 7) is -1.02. The fourth-order valence-corrected chi connectivity index (χ4v) is 6.98. The van der Waals surface area contributed by atoms with Crippen molar-refractivity contribution < 1.29 is 38.1 Å². The monoisotopic (exact) mass is 762 g/mol. The molecule has 5 aromatic rings. The number of rotatable bonds is 10. The van der Waals surface area contributed by atoms with E-state index in [0.29, 0.717) is 55.7 Å². The molecule has 7 rings (SSSR count). The van der Waals surface area contributed by atoms with Crippen LogP contribution in [0.1, 0.15) is 63.7 Å². The molecule has 5 aromatic carbocycles. The van der Waals surface area contributed by atoms with E-state index in [2.05, 4.69) is 0 Å². The van der Waals surface area contributed by atoms with Crippen molar-refractivity contribution in [2.75, 3.05) is 26.4 Å². The second kappa shape index (κ2) is 16.4.